The minimum absolute atomic E-state index is 0.183. The van der Waals surface area contributed by atoms with Crippen LogP contribution in [0.2, 0.25) is 0 Å². The molecule has 1 atom stereocenters. The Balaban J connectivity index is 2.22. The topological polar surface area (TPSA) is 88.2 Å². The Morgan fingerprint density at radius 3 is 2.19 bits per heavy atom. The molecule has 1 amide bonds. The van der Waals surface area contributed by atoms with Crippen LogP contribution in [-0.4, -0.2) is 52.5 Å². The lowest BCUT2D eigenvalue weighted by molar-refractivity contribution is -0.120. The van der Waals surface area contributed by atoms with Gasteiger partial charge in [0.1, 0.15) is 12.4 Å². The van der Waals surface area contributed by atoms with E-state index in [1.165, 1.54) is 26.2 Å². The van der Waals surface area contributed by atoms with Crippen molar-refractivity contribution in [3.05, 3.63) is 53.8 Å². The van der Waals surface area contributed by atoms with E-state index in [9.17, 15) is 17.6 Å². The average Bonchev–Trinajstić information content (AvgIpc) is 2.74. The molecule has 0 bridgehead atoms. The van der Waals surface area contributed by atoms with E-state index in [1.807, 2.05) is 19.9 Å². The second kappa shape index (κ2) is 11.1. The number of hydrogen-bond donors (Lipinski definition) is 1. The number of hydrogen-bond acceptors (Lipinski definition) is 5. The van der Waals surface area contributed by atoms with Crippen LogP contribution in [0.1, 0.15) is 32.4 Å². The molecule has 0 aliphatic rings. The van der Waals surface area contributed by atoms with Crippen molar-refractivity contribution in [3.63, 3.8) is 0 Å². The van der Waals surface area contributed by atoms with Crippen LogP contribution in [-0.2, 0) is 15.0 Å². The molecule has 1 unspecified atom stereocenters. The number of amides is 1. The van der Waals surface area contributed by atoms with Gasteiger partial charge in [0.25, 0.3) is 0 Å². The summed E-state index contributed by atoms with van der Waals surface area (Å²) in [5.41, 5.74) is 0.955. The summed E-state index contributed by atoms with van der Waals surface area (Å²) >= 11 is 0. The van der Waals surface area contributed by atoms with Crippen LogP contribution < -0.4 is 19.1 Å². The van der Waals surface area contributed by atoms with Gasteiger partial charge in [-0.05, 0) is 62.7 Å². The van der Waals surface area contributed by atoms with E-state index in [0.29, 0.717) is 24.7 Å². The maximum Gasteiger partial charge on any atom is 0.304 e. The Labute approximate surface area is 189 Å². The predicted octanol–water partition coefficient (Wildman–Crippen LogP) is 3.11. The molecule has 10 heteroatoms. The second-order valence-electron chi connectivity index (χ2n) is 7.13. The number of anilines is 1. The molecule has 2 rings (SSSR count). The molecule has 0 saturated carbocycles. The van der Waals surface area contributed by atoms with Gasteiger partial charge in [0.15, 0.2) is 11.5 Å². The highest BCUT2D eigenvalue weighted by atomic mass is 32.2. The maximum atomic E-state index is 13.3. The van der Waals surface area contributed by atoms with Crippen LogP contribution in [0.4, 0.5) is 10.1 Å². The molecule has 0 heterocycles. The lowest BCUT2D eigenvalue weighted by Crippen LogP contribution is -2.46. The zero-order valence-electron chi connectivity index (χ0n) is 19.0. The van der Waals surface area contributed by atoms with Crippen molar-refractivity contribution in [1.82, 2.24) is 9.62 Å². The van der Waals surface area contributed by atoms with Gasteiger partial charge in [-0.3, -0.25) is 4.79 Å². The van der Waals surface area contributed by atoms with Crippen LogP contribution >= 0.6 is 0 Å². The Bertz CT molecular complexity index is 1010. The molecule has 0 aromatic heterocycles. The van der Waals surface area contributed by atoms with Crippen molar-refractivity contribution >= 4 is 21.8 Å². The average molecular weight is 468 g/mol. The van der Waals surface area contributed by atoms with Gasteiger partial charge in [-0.15, -0.1) is 0 Å². The first-order valence-corrected chi connectivity index (χ1v) is 11.6. The molecule has 0 aliphatic heterocycles. The van der Waals surface area contributed by atoms with E-state index in [4.69, 9.17) is 9.47 Å². The Hall–Kier alpha value is -2.85. The fourth-order valence-corrected chi connectivity index (χ4v) is 4.01. The Morgan fingerprint density at radius 2 is 1.62 bits per heavy atom. The monoisotopic (exact) mass is 467 g/mol. The molecular formula is C22H30FN3O5S. The molecule has 0 saturated heterocycles. The van der Waals surface area contributed by atoms with Gasteiger partial charge in [-0.25, -0.2) is 8.70 Å². The van der Waals surface area contributed by atoms with Crippen molar-refractivity contribution in [3.8, 4) is 11.5 Å². The molecule has 2 aromatic carbocycles. The first-order chi connectivity index (χ1) is 15.1. The highest BCUT2D eigenvalue weighted by molar-refractivity contribution is 7.90. The molecule has 2 aromatic rings. The van der Waals surface area contributed by atoms with E-state index < -0.39 is 34.5 Å². The highest BCUT2D eigenvalue weighted by Gasteiger charge is 2.28. The first kappa shape index (κ1) is 25.4. The van der Waals surface area contributed by atoms with Crippen molar-refractivity contribution < 1.29 is 27.1 Å². The molecular weight excluding hydrogens is 437 g/mol. The van der Waals surface area contributed by atoms with Gasteiger partial charge in [0.05, 0.1) is 24.9 Å². The van der Waals surface area contributed by atoms with Crippen LogP contribution in [0.5, 0.6) is 11.5 Å². The molecule has 0 aliphatic carbocycles. The van der Waals surface area contributed by atoms with Crippen LogP contribution in [0.15, 0.2) is 42.5 Å². The number of benzene rings is 2. The first-order valence-electron chi connectivity index (χ1n) is 10.2. The summed E-state index contributed by atoms with van der Waals surface area (Å²) in [6, 6.07) is 9.86. The standard InChI is InChI=1S/C22H30FN3O5S/c1-6-30-20-13-8-17(14-21(20)31-7-2)16(3)24-22(27)15-26(32(28,29)25(4)5)19-11-9-18(23)10-12-19/h8-14,16H,6-7,15H2,1-5H3,(H,24,27). The smallest absolute Gasteiger partial charge is 0.304 e. The largest absolute Gasteiger partial charge is 0.490 e. The number of nitrogens with one attached hydrogen (secondary N) is 1. The molecule has 0 spiro atoms. The summed E-state index contributed by atoms with van der Waals surface area (Å²) in [7, 11) is -1.25. The highest BCUT2D eigenvalue weighted by Crippen LogP contribution is 2.30. The van der Waals surface area contributed by atoms with E-state index in [1.54, 1.807) is 19.1 Å². The number of carbonyl (C=O) groups is 1. The van der Waals surface area contributed by atoms with E-state index in [2.05, 4.69) is 5.32 Å². The summed E-state index contributed by atoms with van der Waals surface area (Å²) < 4.78 is 52.0. The van der Waals surface area contributed by atoms with E-state index >= 15 is 0 Å². The van der Waals surface area contributed by atoms with Crippen LogP contribution in [0, 0.1) is 5.82 Å². The third-order valence-corrected chi connectivity index (χ3v) is 6.41. The van der Waals surface area contributed by atoms with Gasteiger partial charge < -0.3 is 14.8 Å². The van der Waals surface area contributed by atoms with E-state index in [0.717, 1.165) is 26.3 Å². The second-order valence-corrected chi connectivity index (χ2v) is 9.20. The summed E-state index contributed by atoms with van der Waals surface area (Å²) in [6.07, 6.45) is 0. The van der Waals surface area contributed by atoms with Gasteiger partial charge >= 0.3 is 10.2 Å². The summed E-state index contributed by atoms with van der Waals surface area (Å²) in [6.45, 7) is 6.01. The fourth-order valence-electron chi connectivity index (χ4n) is 2.95. The van der Waals surface area contributed by atoms with Gasteiger partial charge in [-0.1, -0.05) is 6.07 Å². The Kier molecular flexibility index (Phi) is 8.85. The van der Waals surface area contributed by atoms with Crippen molar-refractivity contribution in [2.75, 3.05) is 38.2 Å². The van der Waals surface area contributed by atoms with Gasteiger partial charge in [-0.2, -0.15) is 12.7 Å². The quantitative estimate of drug-likeness (QED) is 0.549. The minimum Gasteiger partial charge on any atom is -0.490 e. The number of ether oxygens (including phenoxy) is 2. The molecule has 0 radical (unpaired) electrons. The van der Waals surface area contributed by atoms with Gasteiger partial charge in [0.2, 0.25) is 5.91 Å². The third-order valence-electron chi connectivity index (χ3n) is 4.59. The molecule has 32 heavy (non-hydrogen) atoms. The molecule has 8 nitrogen and oxygen atoms in total. The number of nitrogens with zero attached hydrogens (tertiary/aromatic N) is 2. The summed E-state index contributed by atoms with van der Waals surface area (Å²) in [5, 5.41) is 2.81. The molecule has 176 valence electrons. The molecule has 0 fully saturated rings. The van der Waals surface area contributed by atoms with Gasteiger partial charge in [0, 0.05) is 14.1 Å². The SMILES string of the molecule is CCOc1ccc(C(C)NC(=O)CN(c2ccc(F)cc2)S(=O)(=O)N(C)C)cc1OCC. The minimum atomic E-state index is -3.98. The normalized spacial score (nSPS) is 12.3. The Morgan fingerprint density at radius 1 is 1.03 bits per heavy atom. The number of halogens is 1. The number of carbonyl (C=O) groups excluding carboxylic acids is 1. The van der Waals surface area contributed by atoms with Crippen molar-refractivity contribution in [2.24, 2.45) is 0 Å². The number of rotatable bonds is 11. The summed E-state index contributed by atoms with van der Waals surface area (Å²) in [4.78, 5) is 12.8. The lowest BCUT2D eigenvalue weighted by atomic mass is 10.1. The fraction of sp³-hybridized carbons (Fsp3) is 0.409. The molecule has 1 N–H and O–H groups in total. The predicted molar refractivity (Wildman–Crippen MR) is 122 cm³/mol. The summed E-state index contributed by atoms with van der Waals surface area (Å²) in [5.74, 6) is 0.154. The van der Waals surface area contributed by atoms with Crippen LogP contribution in [0.25, 0.3) is 0 Å². The lowest BCUT2D eigenvalue weighted by Gasteiger charge is -2.27. The van der Waals surface area contributed by atoms with Crippen molar-refractivity contribution in [2.45, 2.75) is 26.8 Å². The van der Waals surface area contributed by atoms with E-state index in [-0.39, 0.29) is 5.69 Å². The maximum absolute atomic E-state index is 13.3. The third kappa shape index (κ3) is 6.33. The van der Waals surface area contributed by atoms with Crippen LogP contribution in [0.3, 0.4) is 0 Å². The van der Waals surface area contributed by atoms with Crippen molar-refractivity contribution in [1.29, 1.82) is 0 Å². The zero-order valence-corrected chi connectivity index (χ0v) is 19.8. The zero-order chi connectivity index (χ0) is 23.9.